The second-order valence-corrected chi connectivity index (χ2v) is 6.42. The molecule has 28 heavy (non-hydrogen) atoms. The number of piperazine rings is 1. The zero-order valence-corrected chi connectivity index (χ0v) is 16.3. The van der Waals surface area contributed by atoms with E-state index in [4.69, 9.17) is 9.47 Å². The van der Waals surface area contributed by atoms with E-state index in [9.17, 15) is 9.59 Å². The largest absolute Gasteiger partial charge is 0.497 e. The van der Waals surface area contributed by atoms with E-state index < -0.39 is 0 Å². The number of carbonyl (C=O) groups excluding carboxylic acids is 2. The van der Waals surface area contributed by atoms with Crippen LogP contribution in [0, 0.1) is 0 Å². The van der Waals surface area contributed by atoms with Crippen LogP contribution in [0.4, 0.5) is 11.5 Å². The van der Waals surface area contributed by atoms with Crippen molar-refractivity contribution in [1.82, 2.24) is 14.8 Å². The summed E-state index contributed by atoms with van der Waals surface area (Å²) in [5.41, 5.74) is 1.26. The van der Waals surface area contributed by atoms with Crippen molar-refractivity contribution in [2.24, 2.45) is 0 Å². The lowest BCUT2D eigenvalue weighted by molar-refractivity contribution is -0.130. The summed E-state index contributed by atoms with van der Waals surface area (Å²) in [6.07, 6.45) is 1.55. The van der Waals surface area contributed by atoms with Crippen molar-refractivity contribution < 1.29 is 19.1 Å². The molecule has 0 atom stereocenters. The van der Waals surface area contributed by atoms with Crippen LogP contribution in [0.2, 0.25) is 0 Å². The summed E-state index contributed by atoms with van der Waals surface area (Å²) in [4.78, 5) is 31.9. The maximum atomic E-state index is 12.6. The maximum Gasteiger partial charge on any atom is 0.255 e. The summed E-state index contributed by atoms with van der Waals surface area (Å²) in [6.45, 7) is 3.73. The molecule has 1 aliphatic heterocycles. The van der Waals surface area contributed by atoms with Crippen LogP contribution in [0.25, 0.3) is 0 Å². The molecular formula is C20H24N4O4. The standard InChI is InChI=1S/C20H24N4O4/c1-14(25)23-8-10-24(11-9-23)20(26)15-4-7-19(21-13-15)22-17-6-5-16(27-2)12-18(17)28-3/h4-7,12-13H,8-11H2,1-3H3,(H,21,22). The van der Waals surface area contributed by atoms with Gasteiger partial charge < -0.3 is 24.6 Å². The van der Waals surface area contributed by atoms with E-state index in [1.54, 1.807) is 55.3 Å². The molecule has 1 saturated heterocycles. The van der Waals surface area contributed by atoms with Crippen LogP contribution in [0.15, 0.2) is 36.5 Å². The Kier molecular flexibility index (Phi) is 5.98. The lowest BCUT2D eigenvalue weighted by Gasteiger charge is -2.34. The predicted molar refractivity (Wildman–Crippen MR) is 105 cm³/mol. The predicted octanol–water partition coefficient (Wildman–Crippen LogP) is 2.15. The minimum Gasteiger partial charge on any atom is -0.497 e. The number of rotatable bonds is 5. The Bertz CT molecular complexity index is 846. The number of hydrogen-bond donors (Lipinski definition) is 1. The van der Waals surface area contributed by atoms with Crippen LogP contribution in [0.1, 0.15) is 17.3 Å². The second kappa shape index (κ2) is 8.60. The zero-order valence-electron chi connectivity index (χ0n) is 16.3. The third-order valence-electron chi connectivity index (χ3n) is 4.69. The molecule has 1 aromatic carbocycles. The van der Waals surface area contributed by atoms with Gasteiger partial charge in [0.1, 0.15) is 17.3 Å². The van der Waals surface area contributed by atoms with Crippen LogP contribution in [0.5, 0.6) is 11.5 Å². The topological polar surface area (TPSA) is 84.0 Å². The highest BCUT2D eigenvalue weighted by Crippen LogP contribution is 2.31. The maximum absolute atomic E-state index is 12.6. The number of carbonyl (C=O) groups is 2. The molecule has 1 N–H and O–H groups in total. The van der Waals surface area contributed by atoms with E-state index in [1.165, 1.54) is 0 Å². The molecule has 8 nitrogen and oxygen atoms in total. The molecule has 1 aliphatic rings. The zero-order chi connectivity index (χ0) is 20.1. The van der Waals surface area contributed by atoms with Crippen LogP contribution in [-0.2, 0) is 4.79 Å². The van der Waals surface area contributed by atoms with Gasteiger partial charge in [-0.25, -0.2) is 4.98 Å². The summed E-state index contributed by atoms with van der Waals surface area (Å²) in [5.74, 6) is 1.88. The number of aromatic nitrogens is 1. The molecule has 0 bridgehead atoms. The number of methoxy groups -OCH3 is 2. The number of pyridine rings is 1. The van der Waals surface area contributed by atoms with Gasteiger partial charge in [-0.1, -0.05) is 0 Å². The first-order chi connectivity index (χ1) is 13.5. The fraction of sp³-hybridized carbons (Fsp3) is 0.350. The molecule has 148 valence electrons. The molecule has 1 aromatic heterocycles. The van der Waals surface area contributed by atoms with Crippen molar-refractivity contribution in [3.05, 3.63) is 42.1 Å². The lowest BCUT2D eigenvalue weighted by atomic mass is 10.2. The SMILES string of the molecule is COc1ccc(Nc2ccc(C(=O)N3CCN(C(C)=O)CC3)cn2)c(OC)c1. The number of anilines is 2. The molecule has 0 spiro atoms. The fourth-order valence-corrected chi connectivity index (χ4v) is 3.04. The van der Waals surface area contributed by atoms with Crippen LogP contribution in [-0.4, -0.2) is 67.0 Å². The van der Waals surface area contributed by atoms with Gasteiger partial charge in [-0.3, -0.25) is 9.59 Å². The number of benzene rings is 1. The highest BCUT2D eigenvalue weighted by atomic mass is 16.5. The molecule has 0 radical (unpaired) electrons. The van der Waals surface area contributed by atoms with Gasteiger partial charge >= 0.3 is 0 Å². The quantitative estimate of drug-likeness (QED) is 0.850. The average molecular weight is 384 g/mol. The Labute approximate surface area is 164 Å². The Morgan fingerprint density at radius 2 is 1.71 bits per heavy atom. The van der Waals surface area contributed by atoms with Gasteiger partial charge in [-0.2, -0.15) is 0 Å². The number of amides is 2. The molecule has 3 rings (SSSR count). The lowest BCUT2D eigenvalue weighted by Crippen LogP contribution is -2.50. The molecule has 2 aromatic rings. The van der Waals surface area contributed by atoms with Gasteiger partial charge in [0, 0.05) is 45.4 Å². The van der Waals surface area contributed by atoms with Gasteiger partial charge in [-0.15, -0.1) is 0 Å². The van der Waals surface area contributed by atoms with Crippen LogP contribution in [0.3, 0.4) is 0 Å². The summed E-state index contributed by atoms with van der Waals surface area (Å²) in [5, 5.41) is 3.18. The van der Waals surface area contributed by atoms with E-state index in [0.29, 0.717) is 49.1 Å². The van der Waals surface area contributed by atoms with E-state index in [-0.39, 0.29) is 11.8 Å². The van der Waals surface area contributed by atoms with Gasteiger partial charge in [-0.05, 0) is 24.3 Å². The first-order valence-corrected chi connectivity index (χ1v) is 9.01. The first-order valence-electron chi connectivity index (χ1n) is 9.01. The van der Waals surface area contributed by atoms with Crippen LogP contribution < -0.4 is 14.8 Å². The van der Waals surface area contributed by atoms with E-state index in [0.717, 1.165) is 5.69 Å². The monoisotopic (exact) mass is 384 g/mol. The minimum absolute atomic E-state index is 0.0400. The van der Waals surface area contributed by atoms with E-state index >= 15 is 0 Å². The highest BCUT2D eigenvalue weighted by molar-refractivity contribution is 5.94. The molecule has 8 heteroatoms. The summed E-state index contributed by atoms with van der Waals surface area (Å²) in [6, 6.07) is 8.94. The van der Waals surface area contributed by atoms with Crippen molar-refractivity contribution in [1.29, 1.82) is 0 Å². The number of nitrogens with zero attached hydrogens (tertiary/aromatic N) is 3. The van der Waals surface area contributed by atoms with Crippen molar-refractivity contribution in [3.63, 3.8) is 0 Å². The average Bonchev–Trinajstić information content (AvgIpc) is 2.74. The summed E-state index contributed by atoms with van der Waals surface area (Å²) in [7, 11) is 3.18. The summed E-state index contributed by atoms with van der Waals surface area (Å²) < 4.78 is 10.6. The minimum atomic E-state index is -0.0794. The normalized spacial score (nSPS) is 13.8. The summed E-state index contributed by atoms with van der Waals surface area (Å²) >= 11 is 0. The van der Waals surface area contributed by atoms with Gasteiger partial charge in [0.2, 0.25) is 5.91 Å². The van der Waals surface area contributed by atoms with Gasteiger partial charge in [0.05, 0.1) is 25.5 Å². The van der Waals surface area contributed by atoms with E-state index in [1.807, 2.05) is 12.1 Å². The van der Waals surface area contributed by atoms with Crippen LogP contribution >= 0.6 is 0 Å². The third kappa shape index (κ3) is 4.33. The number of ether oxygens (including phenoxy) is 2. The van der Waals surface area contributed by atoms with Crippen molar-refractivity contribution in [2.75, 3.05) is 45.7 Å². The number of nitrogens with one attached hydrogen (secondary N) is 1. The van der Waals surface area contributed by atoms with Gasteiger partial charge in [0.15, 0.2) is 0 Å². The molecule has 0 saturated carbocycles. The first kappa shape index (κ1) is 19.5. The molecule has 1 fully saturated rings. The van der Waals surface area contributed by atoms with Crippen molar-refractivity contribution >= 4 is 23.3 Å². The molecule has 2 amide bonds. The smallest absolute Gasteiger partial charge is 0.255 e. The third-order valence-corrected chi connectivity index (χ3v) is 4.69. The molecule has 0 unspecified atom stereocenters. The molecule has 2 heterocycles. The van der Waals surface area contributed by atoms with Crippen molar-refractivity contribution in [2.45, 2.75) is 6.92 Å². The van der Waals surface area contributed by atoms with Gasteiger partial charge in [0.25, 0.3) is 5.91 Å². The highest BCUT2D eigenvalue weighted by Gasteiger charge is 2.23. The van der Waals surface area contributed by atoms with E-state index in [2.05, 4.69) is 10.3 Å². The molecular weight excluding hydrogens is 360 g/mol. The van der Waals surface area contributed by atoms with Crippen molar-refractivity contribution in [3.8, 4) is 11.5 Å². The Morgan fingerprint density at radius 3 is 2.29 bits per heavy atom. The Morgan fingerprint density at radius 1 is 1.00 bits per heavy atom. The number of hydrogen-bond acceptors (Lipinski definition) is 6. The second-order valence-electron chi connectivity index (χ2n) is 6.42. The fourth-order valence-electron chi connectivity index (χ4n) is 3.04. The Balaban J connectivity index is 1.65. The Hall–Kier alpha value is -3.29. The molecule has 0 aliphatic carbocycles.